The third kappa shape index (κ3) is 3.31. The summed E-state index contributed by atoms with van der Waals surface area (Å²) in [6.07, 6.45) is 1.69. The number of amides is 1. The minimum atomic E-state index is -0.583. The topological polar surface area (TPSA) is 54.0 Å². The van der Waals surface area contributed by atoms with Crippen LogP contribution in [0.4, 0.5) is 5.82 Å². The van der Waals surface area contributed by atoms with Crippen LogP contribution in [0.15, 0.2) is 18.3 Å². The summed E-state index contributed by atoms with van der Waals surface area (Å²) < 4.78 is 0. The Morgan fingerprint density at radius 3 is 2.75 bits per heavy atom. The van der Waals surface area contributed by atoms with Gasteiger partial charge in [-0.15, -0.1) is 0 Å². The van der Waals surface area contributed by atoms with Gasteiger partial charge in [0, 0.05) is 6.20 Å². The minimum absolute atomic E-state index is 0.0764. The Morgan fingerprint density at radius 2 is 2.19 bits per heavy atom. The lowest BCUT2D eigenvalue weighted by molar-refractivity contribution is -0.121. The van der Waals surface area contributed by atoms with Crippen LogP contribution >= 0.6 is 0 Å². The molecule has 0 saturated carbocycles. The molecule has 1 rings (SSSR count). The van der Waals surface area contributed by atoms with Crippen molar-refractivity contribution in [3.63, 3.8) is 0 Å². The van der Waals surface area contributed by atoms with Crippen molar-refractivity contribution in [3.8, 4) is 0 Å². The number of anilines is 1. The monoisotopic (exact) mass is 221 g/mol. The highest BCUT2D eigenvalue weighted by molar-refractivity contribution is 5.96. The number of likely N-dealkylation sites (N-methyl/N-ethyl adjacent to an activating group) is 1. The summed E-state index contributed by atoms with van der Waals surface area (Å²) >= 11 is 0. The highest BCUT2D eigenvalue weighted by Gasteiger charge is 2.26. The van der Waals surface area contributed by atoms with Crippen LogP contribution in [0.5, 0.6) is 0 Å². The summed E-state index contributed by atoms with van der Waals surface area (Å²) in [6, 6.07) is 3.74. The zero-order valence-electron chi connectivity index (χ0n) is 10.3. The number of nitrogens with zero attached hydrogens (tertiary/aromatic N) is 1. The van der Waals surface area contributed by atoms with E-state index in [1.54, 1.807) is 6.20 Å². The lowest BCUT2D eigenvalue weighted by atomic mass is 10.0. The lowest BCUT2D eigenvalue weighted by Gasteiger charge is -2.24. The van der Waals surface area contributed by atoms with E-state index in [1.165, 1.54) is 0 Å². The van der Waals surface area contributed by atoms with Gasteiger partial charge in [0.1, 0.15) is 5.82 Å². The Labute approximate surface area is 96.5 Å². The van der Waals surface area contributed by atoms with Crippen LogP contribution in [0.25, 0.3) is 0 Å². The van der Waals surface area contributed by atoms with Crippen molar-refractivity contribution in [1.29, 1.82) is 0 Å². The van der Waals surface area contributed by atoms with Gasteiger partial charge in [0.05, 0.1) is 5.54 Å². The second-order valence-electron chi connectivity index (χ2n) is 4.33. The molecule has 0 spiro atoms. The van der Waals surface area contributed by atoms with Gasteiger partial charge in [-0.2, -0.15) is 0 Å². The fourth-order valence-electron chi connectivity index (χ4n) is 1.40. The standard InChI is InChI=1S/C12H19N3O/c1-5-14-12(3,4)11(16)15-10-8-9(2)6-7-13-10/h6-8,14H,5H2,1-4H3,(H,13,15,16). The van der Waals surface area contributed by atoms with Gasteiger partial charge in [0.2, 0.25) is 5.91 Å². The molecule has 4 nitrogen and oxygen atoms in total. The summed E-state index contributed by atoms with van der Waals surface area (Å²) in [5.74, 6) is 0.517. The zero-order valence-corrected chi connectivity index (χ0v) is 10.3. The fourth-order valence-corrected chi connectivity index (χ4v) is 1.40. The number of hydrogen-bond acceptors (Lipinski definition) is 3. The predicted molar refractivity (Wildman–Crippen MR) is 65.4 cm³/mol. The maximum absolute atomic E-state index is 11.9. The first-order chi connectivity index (χ1) is 7.45. The van der Waals surface area contributed by atoms with E-state index in [4.69, 9.17) is 0 Å². The number of carbonyl (C=O) groups is 1. The number of rotatable bonds is 4. The minimum Gasteiger partial charge on any atom is -0.309 e. The molecule has 0 aliphatic rings. The van der Waals surface area contributed by atoms with Crippen molar-refractivity contribution in [2.24, 2.45) is 0 Å². The van der Waals surface area contributed by atoms with Gasteiger partial charge in [0.25, 0.3) is 0 Å². The largest absolute Gasteiger partial charge is 0.309 e. The molecule has 2 N–H and O–H groups in total. The number of pyridine rings is 1. The first-order valence-corrected chi connectivity index (χ1v) is 5.45. The van der Waals surface area contributed by atoms with Crippen LogP contribution in [0, 0.1) is 6.92 Å². The molecular formula is C12H19N3O. The van der Waals surface area contributed by atoms with E-state index < -0.39 is 5.54 Å². The molecule has 0 aromatic carbocycles. The molecule has 0 bridgehead atoms. The third-order valence-electron chi connectivity index (χ3n) is 2.34. The number of aromatic nitrogens is 1. The van der Waals surface area contributed by atoms with Crippen LogP contribution in [0.1, 0.15) is 26.3 Å². The lowest BCUT2D eigenvalue weighted by Crippen LogP contribution is -2.49. The summed E-state index contributed by atoms with van der Waals surface area (Å²) in [5, 5.41) is 5.91. The first-order valence-electron chi connectivity index (χ1n) is 5.45. The molecule has 1 aromatic rings. The number of hydrogen-bond donors (Lipinski definition) is 2. The van der Waals surface area contributed by atoms with E-state index in [2.05, 4.69) is 15.6 Å². The van der Waals surface area contributed by atoms with Gasteiger partial charge >= 0.3 is 0 Å². The second-order valence-corrected chi connectivity index (χ2v) is 4.33. The molecule has 0 aliphatic heterocycles. The van der Waals surface area contributed by atoms with E-state index in [0.29, 0.717) is 5.82 Å². The van der Waals surface area contributed by atoms with Crippen molar-refractivity contribution >= 4 is 11.7 Å². The Morgan fingerprint density at radius 1 is 1.50 bits per heavy atom. The molecule has 88 valence electrons. The Hall–Kier alpha value is -1.42. The first kappa shape index (κ1) is 12.6. The van der Waals surface area contributed by atoms with Crippen molar-refractivity contribution < 1.29 is 4.79 Å². The molecule has 1 amide bonds. The number of carbonyl (C=O) groups excluding carboxylic acids is 1. The predicted octanol–water partition coefficient (Wildman–Crippen LogP) is 1.72. The summed E-state index contributed by atoms with van der Waals surface area (Å²) in [7, 11) is 0. The molecule has 0 fully saturated rings. The number of aryl methyl sites for hydroxylation is 1. The summed E-state index contributed by atoms with van der Waals surface area (Å²) in [6.45, 7) is 8.39. The number of nitrogens with one attached hydrogen (secondary N) is 2. The SMILES string of the molecule is CCNC(C)(C)C(=O)Nc1cc(C)ccn1. The highest BCUT2D eigenvalue weighted by atomic mass is 16.2. The maximum atomic E-state index is 11.9. The van der Waals surface area contributed by atoms with Crippen LogP contribution in [-0.4, -0.2) is 23.0 Å². The van der Waals surface area contributed by atoms with Crippen molar-refractivity contribution in [3.05, 3.63) is 23.9 Å². The quantitative estimate of drug-likeness (QED) is 0.814. The van der Waals surface area contributed by atoms with Gasteiger partial charge in [-0.1, -0.05) is 6.92 Å². The highest BCUT2D eigenvalue weighted by Crippen LogP contribution is 2.09. The van der Waals surface area contributed by atoms with Gasteiger partial charge in [0.15, 0.2) is 0 Å². The molecule has 0 radical (unpaired) electrons. The molecule has 0 aliphatic carbocycles. The maximum Gasteiger partial charge on any atom is 0.245 e. The Kier molecular flexibility index (Phi) is 4.01. The van der Waals surface area contributed by atoms with E-state index in [1.807, 2.05) is 39.8 Å². The third-order valence-corrected chi connectivity index (χ3v) is 2.34. The van der Waals surface area contributed by atoms with Crippen LogP contribution in [0.3, 0.4) is 0 Å². The molecule has 4 heteroatoms. The molecule has 0 atom stereocenters. The molecule has 0 unspecified atom stereocenters. The van der Waals surface area contributed by atoms with E-state index in [9.17, 15) is 4.79 Å². The molecule has 0 saturated heterocycles. The van der Waals surface area contributed by atoms with Crippen molar-refractivity contribution in [1.82, 2.24) is 10.3 Å². The van der Waals surface area contributed by atoms with Crippen molar-refractivity contribution in [2.75, 3.05) is 11.9 Å². The van der Waals surface area contributed by atoms with Gasteiger partial charge in [-0.25, -0.2) is 4.98 Å². The van der Waals surface area contributed by atoms with Gasteiger partial charge < -0.3 is 10.6 Å². The molecule has 1 aromatic heterocycles. The summed E-state index contributed by atoms with van der Waals surface area (Å²) in [5.41, 5.74) is 0.492. The Balaban J connectivity index is 2.71. The van der Waals surface area contributed by atoms with Gasteiger partial charge in [-0.05, 0) is 45.0 Å². The smallest absolute Gasteiger partial charge is 0.245 e. The summed E-state index contributed by atoms with van der Waals surface area (Å²) in [4.78, 5) is 16.0. The van der Waals surface area contributed by atoms with Crippen LogP contribution < -0.4 is 10.6 Å². The normalized spacial score (nSPS) is 11.2. The molecular weight excluding hydrogens is 202 g/mol. The van der Waals surface area contributed by atoms with Crippen molar-refractivity contribution in [2.45, 2.75) is 33.2 Å². The molecule has 1 heterocycles. The fraction of sp³-hybridized carbons (Fsp3) is 0.500. The van der Waals surface area contributed by atoms with E-state index >= 15 is 0 Å². The average molecular weight is 221 g/mol. The molecule has 16 heavy (non-hydrogen) atoms. The Bertz CT molecular complexity index is 374. The average Bonchev–Trinajstić information content (AvgIpc) is 2.17. The second kappa shape index (κ2) is 5.07. The van der Waals surface area contributed by atoms with E-state index in [-0.39, 0.29) is 5.91 Å². The van der Waals surface area contributed by atoms with E-state index in [0.717, 1.165) is 12.1 Å². The van der Waals surface area contributed by atoms with Gasteiger partial charge in [-0.3, -0.25) is 4.79 Å². The van der Waals surface area contributed by atoms with Crippen LogP contribution in [-0.2, 0) is 4.79 Å². The zero-order chi connectivity index (χ0) is 12.2. The van der Waals surface area contributed by atoms with Crippen LogP contribution in [0.2, 0.25) is 0 Å².